The van der Waals surface area contributed by atoms with Crippen molar-refractivity contribution in [1.29, 1.82) is 0 Å². The summed E-state index contributed by atoms with van der Waals surface area (Å²) in [6, 6.07) is 14.5. The first-order chi connectivity index (χ1) is 12.5. The zero-order valence-electron chi connectivity index (χ0n) is 13.8. The van der Waals surface area contributed by atoms with E-state index in [9.17, 15) is 4.79 Å². The Morgan fingerprint density at radius 3 is 2.73 bits per heavy atom. The normalized spacial score (nSPS) is 12.0. The maximum absolute atomic E-state index is 12.3. The summed E-state index contributed by atoms with van der Waals surface area (Å²) in [6.07, 6.45) is 0. The van der Waals surface area contributed by atoms with E-state index in [1.54, 1.807) is 22.9 Å². The maximum Gasteiger partial charge on any atom is 0.230 e. The smallest absolute Gasteiger partial charge is 0.230 e. The summed E-state index contributed by atoms with van der Waals surface area (Å²) in [6.45, 7) is 1.87. The third-order valence-corrected chi connectivity index (χ3v) is 5.06. The van der Waals surface area contributed by atoms with Gasteiger partial charge in [-0.3, -0.25) is 4.79 Å². The number of hydrogen-bond donors (Lipinski definition) is 1. The van der Waals surface area contributed by atoms with Crippen molar-refractivity contribution in [1.82, 2.24) is 25.5 Å². The van der Waals surface area contributed by atoms with E-state index < -0.39 is 0 Å². The minimum absolute atomic E-state index is 0.142. The fourth-order valence-corrected chi connectivity index (χ4v) is 3.62. The summed E-state index contributed by atoms with van der Waals surface area (Å²) in [7, 11) is 0. The topological polar surface area (TPSA) is 72.7 Å². The van der Waals surface area contributed by atoms with Gasteiger partial charge in [0.1, 0.15) is 0 Å². The number of thioether (sulfide) groups is 1. The molecule has 9 heteroatoms. The third kappa shape index (κ3) is 4.55. The minimum Gasteiger partial charge on any atom is -0.349 e. The van der Waals surface area contributed by atoms with Crippen LogP contribution in [0.1, 0.15) is 18.5 Å². The Morgan fingerprint density at radius 2 is 2.00 bits per heavy atom. The van der Waals surface area contributed by atoms with Gasteiger partial charge in [-0.15, -0.1) is 5.10 Å². The van der Waals surface area contributed by atoms with Crippen molar-refractivity contribution < 1.29 is 4.79 Å². The number of aromatic nitrogens is 4. The fraction of sp³-hybridized carbons (Fsp3) is 0.176. The van der Waals surface area contributed by atoms with E-state index in [0.29, 0.717) is 15.2 Å². The largest absolute Gasteiger partial charge is 0.349 e. The zero-order valence-corrected chi connectivity index (χ0v) is 16.1. The van der Waals surface area contributed by atoms with Gasteiger partial charge in [-0.1, -0.05) is 59.2 Å². The number of carbonyl (C=O) groups excluding carboxylic acids is 1. The van der Waals surface area contributed by atoms with E-state index >= 15 is 0 Å². The van der Waals surface area contributed by atoms with Crippen LogP contribution in [0.4, 0.5) is 0 Å². The molecule has 1 atom stereocenters. The van der Waals surface area contributed by atoms with E-state index in [2.05, 4.69) is 20.8 Å². The molecule has 134 valence electrons. The molecule has 1 heterocycles. The van der Waals surface area contributed by atoms with Crippen molar-refractivity contribution in [2.24, 2.45) is 0 Å². The molecule has 1 amide bonds. The molecule has 0 unspecified atom stereocenters. The van der Waals surface area contributed by atoms with Crippen LogP contribution in [0.25, 0.3) is 5.69 Å². The van der Waals surface area contributed by atoms with Crippen molar-refractivity contribution in [3.63, 3.8) is 0 Å². The summed E-state index contributed by atoms with van der Waals surface area (Å²) in [5, 5.41) is 16.2. The molecule has 0 saturated carbocycles. The highest BCUT2D eigenvalue weighted by atomic mass is 35.5. The molecule has 0 spiro atoms. The van der Waals surface area contributed by atoms with Crippen molar-refractivity contribution in [3.05, 3.63) is 64.1 Å². The number of amides is 1. The Kier molecular flexibility index (Phi) is 6.13. The number of nitrogens with one attached hydrogen (secondary N) is 1. The van der Waals surface area contributed by atoms with Crippen LogP contribution in [0.3, 0.4) is 0 Å². The standard InChI is InChI=1S/C17H15Cl2N5OS/c1-11(14-8-7-12(18)9-15(14)19)20-16(25)10-26-17-21-22-23-24(17)13-5-3-2-4-6-13/h2-9,11H,10H2,1H3,(H,20,25)/t11-/m0/s1. The molecule has 0 fully saturated rings. The number of para-hydroxylation sites is 1. The number of tetrazole rings is 1. The Bertz CT molecular complexity index is 903. The molecule has 6 nitrogen and oxygen atoms in total. The lowest BCUT2D eigenvalue weighted by Crippen LogP contribution is -2.28. The molecule has 0 bridgehead atoms. The molecular weight excluding hydrogens is 393 g/mol. The third-order valence-electron chi connectivity index (χ3n) is 3.58. The van der Waals surface area contributed by atoms with Crippen LogP contribution in [0.5, 0.6) is 0 Å². The lowest BCUT2D eigenvalue weighted by molar-refractivity contribution is -0.119. The lowest BCUT2D eigenvalue weighted by atomic mass is 10.1. The Balaban J connectivity index is 1.61. The monoisotopic (exact) mass is 407 g/mol. The Hall–Kier alpha value is -2.09. The summed E-state index contributed by atoms with van der Waals surface area (Å²) < 4.78 is 1.59. The zero-order chi connectivity index (χ0) is 18.5. The lowest BCUT2D eigenvalue weighted by Gasteiger charge is -2.15. The van der Waals surface area contributed by atoms with Gasteiger partial charge in [0.15, 0.2) is 0 Å². The van der Waals surface area contributed by atoms with Gasteiger partial charge in [-0.25, -0.2) is 0 Å². The van der Waals surface area contributed by atoms with E-state index in [0.717, 1.165) is 11.3 Å². The second-order valence-corrected chi connectivity index (χ2v) is 7.24. The van der Waals surface area contributed by atoms with Crippen molar-refractivity contribution in [3.8, 4) is 5.69 Å². The summed E-state index contributed by atoms with van der Waals surface area (Å²) in [4.78, 5) is 12.3. The van der Waals surface area contributed by atoms with E-state index in [1.165, 1.54) is 11.8 Å². The summed E-state index contributed by atoms with van der Waals surface area (Å²) in [5.74, 6) is 0.0408. The number of halogens is 2. The molecule has 26 heavy (non-hydrogen) atoms. The van der Waals surface area contributed by atoms with Crippen molar-refractivity contribution in [2.45, 2.75) is 18.1 Å². The van der Waals surface area contributed by atoms with Gasteiger partial charge in [0.25, 0.3) is 0 Å². The first kappa shape index (κ1) is 18.7. The van der Waals surface area contributed by atoms with Crippen molar-refractivity contribution >= 4 is 40.9 Å². The minimum atomic E-state index is -0.238. The van der Waals surface area contributed by atoms with Crippen LogP contribution in [0.15, 0.2) is 53.7 Å². The van der Waals surface area contributed by atoms with Gasteiger partial charge in [-0.2, -0.15) is 4.68 Å². The quantitative estimate of drug-likeness (QED) is 0.626. The first-order valence-corrected chi connectivity index (χ1v) is 9.49. The van der Waals surface area contributed by atoms with E-state index in [-0.39, 0.29) is 17.7 Å². The second-order valence-electron chi connectivity index (χ2n) is 5.45. The van der Waals surface area contributed by atoms with Crippen LogP contribution in [0.2, 0.25) is 10.0 Å². The maximum atomic E-state index is 12.3. The number of rotatable bonds is 6. The first-order valence-electron chi connectivity index (χ1n) is 7.75. The van der Waals surface area contributed by atoms with E-state index in [4.69, 9.17) is 23.2 Å². The number of nitrogens with zero attached hydrogens (tertiary/aromatic N) is 4. The number of benzene rings is 2. The molecule has 3 aromatic rings. The molecule has 0 aliphatic carbocycles. The predicted octanol–water partition coefficient (Wildman–Crippen LogP) is 3.94. The average Bonchev–Trinajstić information content (AvgIpc) is 3.09. The molecule has 0 aliphatic rings. The fourth-order valence-electron chi connectivity index (χ4n) is 2.34. The molecule has 0 saturated heterocycles. The van der Waals surface area contributed by atoms with Gasteiger partial charge < -0.3 is 5.32 Å². The molecule has 0 aliphatic heterocycles. The van der Waals surface area contributed by atoms with Gasteiger partial charge in [0.2, 0.25) is 11.1 Å². The predicted molar refractivity (Wildman–Crippen MR) is 103 cm³/mol. The van der Waals surface area contributed by atoms with Gasteiger partial charge in [-0.05, 0) is 47.2 Å². The van der Waals surface area contributed by atoms with Gasteiger partial charge in [0, 0.05) is 10.0 Å². The molecule has 0 radical (unpaired) electrons. The highest BCUT2D eigenvalue weighted by Crippen LogP contribution is 2.26. The number of carbonyl (C=O) groups is 1. The molecular formula is C17H15Cl2N5OS. The molecule has 3 rings (SSSR count). The number of hydrogen-bond acceptors (Lipinski definition) is 5. The Labute approximate surface area is 164 Å². The van der Waals surface area contributed by atoms with Crippen LogP contribution >= 0.6 is 35.0 Å². The van der Waals surface area contributed by atoms with Crippen LogP contribution in [-0.4, -0.2) is 31.9 Å². The highest BCUT2D eigenvalue weighted by Gasteiger charge is 2.15. The molecule has 2 aromatic carbocycles. The van der Waals surface area contributed by atoms with Crippen molar-refractivity contribution in [2.75, 3.05) is 5.75 Å². The second kappa shape index (κ2) is 8.53. The Morgan fingerprint density at radius 1 is 1.23 bits per heavy atom. The van der Waals surface area contributed by atoms with Crippen LogP contribution < -0.4 is 5.32 Å². The average molecular weight is 408 g/mol. The highest BCUT2D eigenvalue weighted by molar-refractivity contribution is 7.99. The van der Waals surface area contributed by atoms with Crippen LogP contribution in [-0.2, 0) is 4.79 Å². The molecule has 1 aromatic heterocycles. The summed E-state index contributed by atoms with van der Waals surface area (Å²) in [5.41, 5.74) is 1.64. The summed E-state index contributed by atoms with van der Waals surface area (Å²) >= 11 is 13.3. The SMILES string of the molecule is C[C@H](NC(=O)CSc1nnnn1-c1ccccc1)c1ccc(Cl)cc1Cl. The molecule has 1 N–H and O–H groups in total. The van der Waals surface area contributed by atoms with Gasteiger partial charge >= 0.3 is 0 Å². The van der Waals surface area contributed by atoms with Gasteiger partial charge in [0.05, 0.1) is 17.5 Å². The van der Waals surface area contributed by atoms with Crippen LogP contribution in [0, 0.1) is 0 Å². The van der Waals surface area contributed by atoms with E-state index in [1.807, 2.05) is 37.3 Å².